The normalized spacial score (nSPS) is 13.6. The lowest BCUT2D eigenvalue weighted by molar-refractivity contribution is 0.0957. The zero-order valence-corrected chi connectivity index (χ0v) is 14.0. The van der Waals surface area contributed by atoms with Crippen LogP contribution >= 0.6 is 11.6 Å². The van der Waals surface area contributed by atoms with Gasteiger partial charge >= 0.3 is 0 Å². The second kappa shape index (κ2) is 6.57. The molecule has 1 amide bonds. The molecule has 3 aromatic rings. The van der Waals surface area contributed by atoms with Gasteiger partial charge in [-0.2, -0.15) is 5.10 Å². The SMILES string of the molecule is O=C1NCCOc2cc(Cl)c(Cc3ccc(-n4cccn4)nc3)cc21. The molecular weight excluding hydrogens is 340 g/mol. The second-order valence-corrected chi connectivity index (χ2v) is 6.10. The van der Waals surface area contributed by atoms with E-state index in [0.717, 1.165) is 16.9 Å². The molecule has 25 heavy (non-hydrogen) atoms. The van der Waals surface area contributed by atoms with Crippen LogP contribution in [-0.2, 0) is 6.42 Å². The van der Waals surface area contributed by atoms with Crippen molar-refractivity contribution in [1.82, 2.24) is 20.1 Å². The van der Waals surface area contributed by atoms with Crippen LogP contribution in [0.1, 0.15) is 21.5 Å². The van der Waals surface area contributed by atoms with E-state index in [9.17, 15) is 4.79 Å². The van der Waals surface area contributed by atoms with E-state index < -0.39 is 0 Å². The van der Waals surface area contributed by atoms with Gasteiger partial charge in [0.25, 0.3) is 5.91 Å². The Kier molecular flexibility index (Phi) is 4.11. The Labute approximate surface area is 149 Å². The predicted octanol–water partition coefficient (Wildman–Crippen LogP) is 2.63. The minimum atomic E-state index is -0.141. The van der Waals surface area contributed by atoms with Crippen LogP contribution in [0.5, 0.6) is 5.75 Å². The topological polar surface area (TPSA) is 69.0 Å². The molecule has 1 aliphatic rings. The van der Waals surface area contributed by atoms with Gasteiger partial charge in [-0.1, -0.05) is 17.7 Å². The first kappa shape index (κ1) is 15.7. The van der Waals surface area contributed by atoms with Crippen LogP contribution < -0.4 is 10.1 Å². The average molecular weight is 355 g/mol. The highest BCUT2D eigenvalue weighted by Crippen LogP contribution is 2.30. The van der Waals surface area contributed by atoms with Gasteiger partial charge in [0.05, 0.1) is 12.1 Å². The standard InChI is InChI=1S/C18H15ClN4O2/c19-15-10-16-14(18(24)20-5-7-25-16)9-13(15)8-12-2-3-17(21-11-12)23-6-1-4-22-23/h1-4,6,9-11H,5,7-8H2,(H,20,24). The molecule has 0 saturated carbocycles. The summed E-state index contributed by atoms with van der Waals surface area (Å²) < 4.78 is 7.27. The molecule has 3 heterocycles. The number of halogens is 1. The molecule has 0 unspecified atom stereocenters. The van der Waals surface area contributed by atoms with E-state index >= 15 is 0 Å². The lowest BCUT2D eigenvalue weighted by Crippen LogP contribution is -2.24. The van der Waals surface area contributed by atoms with Crippen molar-refractivity contribution in [3.05, 3.63) is 70.6 Å². The number of nitrogens with one attached hydrogen (secondary N) is 1. The predicted molar refractivity (Wildman–Crippen MR) is 93.4 cm³/mol. The number of carbonyl (C=O) groups excluding carboxylic acids is 1. The van der Waals surface area contributed by atoms with Gasteiger partial charge in [-0.05, 0) is 35.4 Å². The molecule has 1 aromatic carbocycles. The van der Waals surface area contributed by atoms with Gasteiger partial charge in [-0.25, -0.2) is 9.67 Å². The summed E-state index contributed by atoms with van der Waals surface area (Å²) >= 11 is 6.38. The summed E-state index contributed by atoms with van der Waals surface area (Å²) in [7, 11) is 0. The fourth-order valence-corrected chi connectivity index (χ4v) is 2.95. The quantitative estimate of drug-likeness (QED) is 0.785. The minimum absolute atomic E-state index is 0.141. The number of benzene rings is 1. The van der Waals surface area contributed by atoms with Crippen molar-refractivity contribution in [3.63, 3.8) is 0 Å². The number of pyridine rings is 1. The molecule has 6 nitrogen and oxygen atoms in total. The molecule has 0 aliphatic carbocycles. The third-order valence-electron chi connectivity index (χ3n) is 3.98. The molecule has 0 bridgehead atoms. The van der Waals surface area contributed by atoms with Crippen LogP contribution in [0.4, 0.5) is 0 Å². The van der Waals surface area contributed by atoms with Crippen molar-refractivity contribution in [2.24, 2.45) is 0 Å². The highest BCUT2D eigenvalue weighted by atomic mass is 35.5. The van der Waals surface area contributed by atoms with Gasteiger partial charge in [0, 0.05) is 30.0 Å². The number of ether oxygens (including phenoxy) is 1. The van der Waals surface area contributed by atoms with Gasteiger partial charge in [0.1, 0.15) is 12.4 Å². The zero-order chi connectivity index (χ0) is 17.2. The summed E-state index contributed by atoms with van der Waals surface area (Å²) in [5.41, 5.74) is 2.36. The molecule has 0 radical (unpaired) electrons. The first-order valence-electron chi connectivity index (χ1n) is 7.89. The average Bonchev–Trinajstić information content (AvgIpc) is 3.10. The van der Waals surface area contributed by atoms with E-state index in [0.29, 0.717) is 35.9 Å². The van der Waals surface area contributed by atoms with Gasteiger partial charge in [0.2, 0.25) is 0 Å². The minimum Gasteiger partial charge on any atom is -0.491 e. The second-order valence-electron chi connectivity index (χ2n) is 5.70. The highest BCUT2D eigenvalue weighted by molar-refractivity contribution is 6.31. The van der Waals surface area contributed by atoms with E-state index in [4.69, 9.17) is 16.3 Å². The van der Waals surface area contributed by atoms with Crippen molar-refractivity contribution >= 4 is 17.5 Å². The number of aromatic nitrogens is 3. The summed E-state index contributed by atoms with van der Waals surface area (Å²) in [6.45, 7) is 0.923. The maximum absolute atomic E-state index is 12.1. The lowest BCUT2D eigenvalue weighted by Gasteiger charge is -2.11. The summed E-state index contributed by atoms with van der Waals surface area (Å²) in [4.78, 5) is 16.6. The maximum Gasteiger partial charge on any atom is 0.255 e. The van der Waals surface area contributed by atoms with Crippen molar-refractivity contribution in [3.8, 4) is 11.6 Å². The lowest BCUT2D eigenvalue weighted by atomic mass is 10.0. The Morgan fingerprint density at radius 3 is 3.00 bits per heavy atom. The van der Waals surface area contributed by atoms with Crippen LogP contribution in [0, 0.1) is 0 Å². The number of hydrogen-bond acceptors (Lipinski definition) is 4. The third kappa shape index (κ3) is 3.21. The van der Waals surface area contributed by atoms with Crippen molar-refractivity contribution in [2.45, 2.75) is 6.42 Å². The van der Waals surface area contributed by atoms with E-state index in [2.05, 4.69) is 15.4 Å². The summed E-state index contributed by atoms with van der Waals surface area (Å²) in [5.74, 6) is 1.13. The van der Waals surface area contributed by atoms with Crippen LogP contribution in [0.3, 0.4) is 0 Å². The Bertz CT molecular complexity index is 908. The van der Waals surface area contributed by atoms with E-state index in [1.807, 2.05) is 24.4 Å². The maximum atomic E-state index is 12.1. The molecule has 126 valence electrons. The van der Waals surface area contributed by atoms with Crippen molar-refractivity contribution < 1.29 is 9.53 Å². The molecule has 0 atom stereocenters. The fraction of sp³-hybridized carbons (Fsp3) is 0.167. The molecular formula is C18H15ClN4O2. The molecule has 4 rings (SSSR count). The van der Waals surface area contributed by atoms with Gasteiger partial charge in [0.15, 0.2) is 5.82 Å². The van der Waals surface area contributed by atoms with E-state index in [1.54, 1.807) is 29.2 Å². The van der Waals surface area contributed by atoms with Gasteiger partial charge in [-0.15, -0.1) is 0 Å². The number of fused-ring (bicyclic) bond motifs is 1. The van der Waals surface area contributed by atoms with Gasteiger partial charge < -0.3 is 10.1 Å². The molecule has 1 aliphatic heterocycles. The Morgan fingerprint density at radius 1 is 1.32 bits per heavy atom. The van der Waals surface area contributed by atoms with Crippen molar-refractivity contribution in [1.29, 1.82) is 0 Å². The first-order chi connectivity index (χ1) is 12.2. The third-order valence-corrected chi connectivity index (χ3v) is 4.33. The van der Waals surface area contributed by atoms with Crippen LogP contribution in [0.25, 0.3) is 5.82 Å². The Hall–Kier alpha value is -2.86. The molecule has 0 spiro atoms. The summed E-state index contributed by atoms with van der Waals surface area (Å²) in [5, 5.41) is 7.53. The summed E-state index contributed by atoms with van der Waals surface area (Å²) in [6.07, 6.45) is 5.91. The van der Waals surface area contributed by atoms with Crippen LogP contribution in [0.15, 0.2) is 48.9 Å². The molecule has 2 aromatic heterocycles. The molecule has 0 fully saturated rings. The molecule has 0 saturated heterocycles. The number of nitrogens with zero attached hydrogens (tertiary/aromatic N) is 3. The number of amides is 1. The van der Waals surface area contributed by atoms with Crippen molar-refractivity contribution in [2.75, 3.05) is 13.2 Å². The largest absolute Gasteiger partial charge is 0.491 e. The monoisotopic (exact) mass is 354 g/mol. The van der Waals surface area contributed by atoms with Gasteiger partial charge in [-0.3, -0.25) is 4.79 Å². The Morgan fingerprint density at radius 2 is 2.24 bits per heavy atom. The first-order valence-corrected chi connectivity index (χ1v) is 8.27. The van der Waals surface area contributed by atoms with E-state index in [-0.39, 0.29) is 5.91 Å². The number of hydrogen-bond donors (Lipinski definition) is 1. The summed E-state index contributed by atoms with van der Waals surface area (Å²) in [6, 6.07) is 9.22. The molecule has 7 heteroatoms. The smallest absolute Gasteiger partial charge is 0.255 e. The number of carbonyl (C=O) groups is 1. The van der Waals surface area contributed by atoms with Crippen LogP contribution in [0.2, 0.25) is 5.02 Å². The fourth-order valence-electron chi connectivity index (χ4n) is 2.73. The molecule has 1 N–H and O–H groups in total. The highest BCUT2D eigenvalue weighted by Gasteiger charge is 2.19. The van der Waals surface area contributed by atoms with E-state index in [1.165, 1.54) is 0 Å². The Balaban J connectivity index is 1.61. The number of rotatable bonds is 3. The van der Waals surface area contributed by atoms with Crippen LogP contribution in [-0.4, -0.2) is 33.8 Å². The zero-order valence-electron chi connectivity index (χ0n) is 13.3.